The summed E-state index contributed by atoms with van der Waals surface area (Å²) in [6.07, 6.45) is 4.86. The van der Waals surface area contributed by atoms with Gasteiger partial charge in [-0.25, -0.2) is 4.79 Å². The van der Waals surface area contributed by atoms with Gasteiger partial charge in [0.2, 0.25) is 5.91 Å². The van der Waals surface area contributed by atoms with Crippen molar-refractivity contribution < 1.29 is 14.4 Å². The predicted molar refractivity (Wildman–Crippen MR) is 110 cm³/mol. The molecule has 1 unspecified atom stereocenters. The number of rotatable bonds is 7. The van der Waals surface area contributed by atoms with Crippen LogP contribution in [0.1, 0.15) is 44.1 Å². The Hall–Kier alpha value is -2.12. The predicted octanol–water partition coefficient (Wildman–Crippen LogP) is 1.94. The molecule has 0 spiro atoms. The van der Waals surface area contributed by atoms with E-state index >= 15 is 0 Å². The molecule has 1 aliphatic carbocycles. The Morgan fingerprint density at radius 2 is 1.86 bits per heavy atom. The zero-order valence-electron chi connectivity index (χ0n) is 16.4. The summed E-state index contributed by atoms with van der Waals surface area (Å²) >= 11 is 6.02. The van der Waals surface area contributed by atoms with E-state index in [0.717, 1.165) is 37.5 Å². The number of nitrogens with zero attached hydrogens (tertiary/aromatic N) is 1. The van der Waals surface area contributed by atoms with Gasteiger partial charge in [0.05, 0.1) is 0 Å². The largest absolute Gasteiger partial charge is 0.353 e. The van der Waals surface area contributed by atoms with Crippen LogP contribution in [0, 0.1) is 0 Å². The lowest BCUT2D eigenvalue weighted by Crippen LogP contribution is -2.46. The van der Waals surface area contributed by atoms with Gasteiger partial charge in [-0.3, -0.25) is 14.9 Å². The summed E-state index contributed by atoms with van der Waals surface area (Å²) in [5.74, 6) is -0.414. The Balaban J connectivity index is 1.19. The van der Waals surface area contributed by atoms with E-state index in [-0.39, 0.29) is 29.7 Å². The van der Waals surface area contributed by atoms with Crippen molar-refractivity contribution in [3.05, 3.63) is 34.9 Å². The van der Waals surface area contributed by atoms with Crippen LogP contribution < -0.4 is 16.0 Å². The second kappa shape index (κ2) is 8.32. The summed E-state index contributed by atoms with van der Waals surface area (Å²) in [6, 6.07) is 7.33. The van der Waals surface area contributed by atoms with Crippen LogP contribution in [-0.2, 0) is 15.0 Å². The van der Waals surface area contributed by atoms with Crippen LogP contribution in [0.2, 0.25) is 5.02 Å². The lowest BCUT2D eigenvalue weighted by atomic mass is 9.94. The standard InChI is InChI=1S/C21H27ClN4O3/c22-15-3-1-14(2-4-15)21(9-10-21)13-26-11-7-16(8-12-26)23-18(27)6-5-17-19(28)25-20(29)24-17/h1-4,16-17H,5-13H2,(H,23,27)(H2,24,25,28,29). The zero-order valence-corrected chi connectivity index (χ0v) is 17.1. The van der Waals surface area contributed by atoms with Crippen LogP contribution in [0.3, 0.4) is 0 Å². The minimum atomic E-state index is -0.599. The average Bonchev–Trinajstić information content (AvgIpc) is 3.40. The Morgan fingerprint density at radius 1 is 1.17 bits per heavy atom. The van der Waals surface area contributed by atoms with E-state index in [1.54, 1.807) is 0 Å². The smallest absolute Gasteiger partial charge is 0.322 e. The van der Waals surface area contributed by atoms with Crippen molar-refractivity contribution in [3.8, 4) is 0 Å². The topological polar surface area (TPSA) is 90.5 Å². The van der Waals surface area contributed by atoms with E-state index in [1.165, 1.54) is 18.4 Å². The first-order valence-corrected chi connectivity index (χ1v) is 10.7. The van der Waals surface area contributed by atoms with Gasteiger partial charge in [-0.2, -0.15) is 0 Å². The fourth-order valence-corrected chi connectivity index (χ4v) is 4.52. The minimum Gasteiger partial charge on any atom is -0.353 e. The molecule has 156 valence electrons. The average molecular weight is 419 g/mol. The molecule has 1 atom stereocenters. The van der Waals surface area contributed by atoms with Gasteiger partial charge in [-0.05, 0) is 49.8 Å². The SMILES string of the molecule is O=C(CCC1NC(=O)NC1=O)NC1CCN(CC2(c3ccc(Cl)cc3)CC2)CC1. The van der Waals surface area contributed by atoms with Crippen molar-refractivity contribution in [1.82, 2.24) is 20.9 Å². The van der Waals surface area contributed by atoms with Gasteiger partial charge < -0.3 is 15.5 Å². The highest BCUT2D eigenvalue weighted by Gasteiger charge is 2.45. The lowest BCUT2D eigenvalue weighted by molar-refractivity contribution is -0.123. The quantitative estimate of drug-likeness (QED) is 0.590. The summed E-state index contributed by atoms with van der Waals surface area (Å²) < 4.78 is 0. The van der Waals surface area contributed by atoms with E-state index in [2.05, 4.69) is 33.0 Å². The zero-order chi connectivity index (χ0) is 20.4. The van der Waals surface area contributed by atoms with Crippen LogP contribution in [0.25, 0.3) is 0 Å². The molecule has 0 radical (unpaired) electrons. The molecular weight excluding hydrogens is 392 g/mol. The molecule has 3 N–H and O–H groups in total. The van der Waals surface area contributed by atoms with Gasteiger partial charge in [0.15, 0.2) is 0 Å². The highest BCUT2D eigenvalue weighted by atomic mass is 35.5. The molecule has 2 aliphatic heterocycles. The summed E-state index contributed by atoms with van der Waals surface area (Å²) in [4.78, 5) is 37.3. The first-order valence-electron chi connectivity index (χ1n) is 10.3. The maximum Gasteiger partial charge on any atom is 0.322 e. The van der Waals surface area contributed by atoms with Crippen LogP contribution in [0.15, 0.2) is 24.3 Å². The number of nitrogens with one attached hydrogen (secondary N) is 3. The molecule has 2 heterocycles. The number of imide groups is 1. The number of piperidine rings is 1. The van der Waals surface area contributed by atoms with Crippen molar-refractivity contribution in [3.63, 3.8) is 0 Å². The number of likely N-dealkylation sites (tertiary alicyclic amines) is 1. The molecule has 4 amide bonds. The molecule has 2 saturated heterocycles. The Labute approximate surface area is 175 Å². The van der Waals surface area contributed by atoms with Crippen molar-refractivity contribution in [1.29, 1.82) is 0 Å². The van der Waals surface area contributed by atoms with Crippen LogP contribution in [-0.4, -0.2) is 54.5 Å². The van der Waals surface area contributed by atoms with E-state index in [4.69, 9.17) is 11.6 Å². The second-order valence-electron chi connectivity index (χ2n) is 8.46. The molecule has 1 aromatic carbocycles. The molecule has 3 aliphatic rings. The minimum absolute atomic E-state index is 0.0581. The molecule has 4 rings (SSSR count). The van der Waals surface area contributed by atoms with Gasteiger partial charge in [0.1, 0.15) is 6.04 Å². The fraction of sp³-hybridized carbons (Fsp3) is 0.571. The van der Waals surface area contributed by atoms with Crippen LogP contribution in [0.5, 0.6) is 0 Å². The number of hydrogen-bond acceptors (Lipinski definition) is 4. The second-order valence-corrected chi connectivity index (χ2v) is 8.90. The third-order valence-corrected chi connectivity index (χ3v) is 6.56. The van der Waals surface area contributed by atoms with Crippen molar-refractivity contribution in [2.24, 2.45) is 0 Å². The first kappa shape index (κ1) is 20.2. The molecule has 1 saturated carbocycles. The number of amides is 4. The summed E-state index contributed by atoms with van der Waals surface area (Å²) in [5, 5.41) is 8.56. The Morgan fingerprint density at radius 3 is 2.45 bits per heavy atom. The monoisotopic (exact) mass is 418 g/mol. The number of urea groups is 1. The van der Waals surface area contributed by atoms with Crippen molar-refractivity contribution in [2.45, 2.75) is 56.0 Å². The van der Waals surface area contributed by atoms with E-state index in [1.807, 2.05) is 12.1 Å². The molecule has 0 aromatic heterocycles. The van der Waals surface area contributed by atoms with Gasteiger partial charge >= 0.3 is 6.03 Å². The normalized spacial score (nSPS) is 24.1. The molecular formula is C21H27ClN4O3. The molecule has 1 aromatic rings. The lowest BCUT2D eigenvalue weighted by Gasteiger charge is -2.35. The first-order chi connectivity index (χ1) is 13.9. The molecule has 0 bridgehead atoms. The highest BCUT2D eigenvalue weighted by molar-refractivity contribution is 6.30. The van der Waals surface area contributed by atoms with E-state index in [9.17, 15) is 14.4 Å². The van der Waals surface area contributed by atoms with Crippen molar-refractivity contribution >= 4 is 29.4 Å². The molecule has 7 nitrogen and oxygen atoms in total. The van der Waals surface area contributed by atoms with Gasteiger partial charge in [0.25, 0.3) is 5.91 Å². The summed E-state index contributed by atoms with van der Waals surface area (Å²) in [5.41, 5.74) is 1.65. The number of hydrogen-bond donors (Lipinski definition) is 3. The van der Waals surface area contributed by atoms with Gasteiger partial charge in [-0.1, -0.05) is 23.7 Å². The van der Waals surface area contributed by atoms with Crippen LogP contribution in [0.4, 0.5) is 4.79 Å². The van der Waals surface area contributed by atoms with E-state index < -0.39 is 12.1 Å². The summed E-state index contributed by atoms with van der Waals surface area (Å²) in [7, 11) is 0. The number of carbonyl (C=O) groups excluding carboxylic acids is 3. The maximum atomic E-state index is 12.2. The Bertz CT molecular complexity index is 786. The van der Waals surface area contributed by atoms with E-state index in [0.29, 0.717) is 6.42 Å². The maximum absolute atomic E-state index is 12.2. The Kier molecular flexibility index (Phi) is 5.79. The summed E-state index contributed by atoms with van der Waals surface area (Å²) in [6.45, 7) is 3.01. The number of halogens is 1. The van der Waals surface area contributed by atoms with Crippen molar-refractivity contribution in [2.75, 3.05) is 19.6 Å². The van der Waals surface area contributed by atoms with Gasteiger partial charge in [-0.15, -0.1) is 0 Å². The van der Waals surface area contributed by atoms with Gasteiger partial charge in [0, 0.05) is 42.5 Å². The number of carbonyl (C=O) groups is 3. The fourth-order valence-electron chi connectivity index (χ4n) is 4.39. The molecule has 29 heavy (non-hydrogen) atoms. The molecule has 3 fully saturated rings. The van der Waals surface area contributed by atoms with Crippen LogP contribution >= 0.6 is 11.6 Å². The number of benzene rings is 1. The molecule has 8 heteroatoms. The highest BCUT2D eigenvalue weighted by Crippen LogP contribution is 2.49. The third kappa shape index (κ3) is 4.90. The third-order valence-electron chi connectivity index (χ3n) is 6.31.